The Morgan fingerprint density at radius 3 is 2.26 bits per heavy atom. The zero-order chi connectivity index (χ0) is 14.9. The van der Waals surface area contributed by atoms with Crippen molar-refractivity contribution in [2.24, 2.45) is 5.41 Å². The minimum absolute atomic E-state index is 0.0204. The molecule has 0 heterocycles. The third kappa shape index (κ3) is 2.28. The molecule has 2 aliphatic rings. The Kier molecular flexibility index (Phi) is 4.27. The Bertz CT molecular complexity index is 503. The van der Waals surface area contributed by atoms with Crippen LogP contribution in [0.5, 0.6) is 0 Å². The van der Waals surface area contributed by atoms with Crippen LogP contribution in [-0.4, -0.2) is 31.0 Å². The van der Waals surface area contributed by atoms with Gasteiger partial charge in [0.15, 0.2) is 4.33 Å². The van der Waals surface area contributed by atoms with Gasteiger partial charge in [0.1, 0.15) is 4.87 Å². The van der Waals surface area contributed by atoms with Crippen molar-refractivity contribution in [2.75, 3.05) is 6.61 Å². The van der Waals surface area contributed by atoms with Gasteiger partial charge in [-0.1, -0.05) is 46.4 Å². The largest absolute Gasteiger partial charge is 0.469 e. The molecular weight excluding hydrogens is 404 g/mol. The molecule has 1 fully saturated rings. The van der Waals surface area contributed by atoms with Gasteiger partial charge in [0.25, 0.3) is 0 Å². The highest BCUT2D eigenvalue weighted by atomic mass is 35.5. The van der Waals surface area contributed by atoms with Crippen LogP contribution in [0.2, 0.25) is 0 Å². The van der Waals surface area contributed by atoms with Gasteiger partial charge < -0.3 is 9.79 Å². The molecule has 110 valence electrons. The number of halogens is 6. The average molecular weight is 411 g/mol. The first-order valence-electron chi connectivity index (χ1n) is 4.85. The molecule has 0 saturated heterocycles. The summed E-state index contributed by atoms with van der Waals surface area (Å²) in [5, 5.41) is -0.927. The van der Waals surface area contributed by atoms with Crippen LogP contribution in [0.3, 0.4) is 0 Å². The van der Waals surface area contributed by atoms with Gasteiger partial charge in [0.05, 0.1) is 22.4 Å². The molecule has 2 aliphatic carbocycles. The highest BCUT2D eigenvalue weighted by molar-refractivity contribution is 7.46. The lowest BCUT2D eigenvalue weighted by Crippen LogP contribution is -2.46. The van der Waals surface area contributed by atoms with Crippen LogP contribution >= 0.6 is 77.4 Å². The second-order valence-corrected chi connectivity index (χ2v) is 8.97. The Balaban J connectivity index is 2.44. The minimum Gasteiger partial charge on any atom is -0.303 e. The normalized spacial score (nSPS) is 41.2. The predicted molar refractivity (Wildman–Crippen MR) is 76.4 cm³/mol. The van der Waals surface area contributed by atoms with E-state index >= 15 is 0 Å². The number of alkyl halides is 4. The molecule has 4 nitrogen and oxygen atoms in total. The van der Waals surface area contributed by atoms with Gasteiger partial charge in [-0.25, -0.2) is 4.57 Å². The molecule has 11 heteroatoms. The number of fused-ring (bicyclic) bond motifs is 2. The lowest BCUT2D eigenvalue weighted by molar-refractivity contribution is 0.139. The van der Waals surface area contributed by atoms with Gasteiger partial charge in [-0.3, -0.25) is 4.52 Å². The van der Waals surface area contributed by atoms with E-state index in [9.17, 15) is 4.57 Å². The van der Waals surface area contributed by atoms with E-state index in [1.807, 2.05) is 0 Å². The molecule has 1 saturated carbocycles. The van der Waals surface area contributed by atoms with E-state index in [0.717, 1.165) is 0 Å². The lowest BCUT2D eigenvalue weighted by Gasteiger charge is -2.38. The van der Waals surface area contributed by atoms with Gasteiger partial charge in [-0.2, -0.15) is 0 Å². The van der Waals surface area contributed by atoms with Crippen LogP contribution in [0, 0.1) is 5.41 Å². The quantitative estimate of drug-likeness (QED) is 0.546. The van der Waals surface area contributed by atoms with Crippen LogP contribution in [0.4, 0.5) is 0 Å². The number of hydrogen-bond acceptors (Lipinski definition) is 2. The van der Waals surface area contributed by atoms with Crippen LogP contribution in [-0.2, 0) is 9.09 Å². The number of hydrogen-bond donors (Lipinski definition) is 2. The lowest BCUT2D eigenvalue weighted by atomic mass is 9.88. The van der Waals surface area contributed by atoms with Crippen LogP contribution in [0.25, 0.3) is 0 Å². The number of allylic oxidation sites excluding steroid dienone is 1. The maximum Gasteiger partial charge on any atom is 0.469 e. The molecule has 0 aromatic carbocycles. The van der Waals surface area contributed by atoms with Crippen molar-refractivity contribution in [3.8, 4) is 0 Å². The van der Waals surface area contributed by atoms with Crippen LogP contribution in [0.1, 0.15) is 6.42 Å². The Hall–Kier alpha value is 1.59. The smallest absolute Gasteiger partial charge is 0.303 e. The second kappa shape index (κ2) is 4.79. The van der Waals surface area contributed by atoms with Crippen molar-refractivity contribution in [1.29, 1.82) is 0 Å². The first-order valence-corrected chi connectivity index (χ1v) is 8.71. The summed E-state index contributed by atoms with van der Waals surface area (Å²) in [6.07, 6.45) is 0.0282. The molecule has 19 heavy (non-hydrogen) atoms. The number of phosphoric acid groups is 1. The minimum atomic E-state index is -4.70. The van der Waals surface area contributed by atoms with Crippen molar-refractivity contribution >= 4 is 77.4 Å². The van der Waals surface area contributed by atoms with Gasteiger partial charge in [0, 0.05) is 5.03 Å². The number of phosphoric ester groups is 1. The van der Waals surface area contributed by atoms with Crippen molar-refractivity contribution < 1.29 is 18.9 Å². The summed E-state index contributed by atoms with van der Waals surface area (Å²) in [6, 6.07) is 0. The van der Waals surface area contributed by atoms with Crippen LogP contribution < -0.4 is 0 Å². The summed E-state index contributed by atoms with van der Waals surface area (Å²) in [6.45, 7) is -0.490. The van der Waals surface area contributed by atoms with E-state index in [0.29, 0.717) is 0 Å². The zero-order valence-corrected chi connectivity index (χ0v) is 14.3. The van der Waals surface area contributed by atoms with Crippen LogP contribution in [0.15, 0.2) is 10.1 Å². The Labute approximate surface area is 139 Å². The second-order valence-electron chi connectivity index (χ2n) is 4.51. The molecule has 0 aromatic rings. The van der Waals surface area contributed by atoms with Crippen molar-refractivity contribution in [3.63, 3.8) is 0 Å². The first-order chi connectivity index (χ1) is 8.38. The molecule has 2 rings (SSSR count). The third-order valence-electron chi connectivity index (χ3n) is 3.36. The topological polar surface area (TPSA) is 66.8 Å². The zero-order valence-electron chi connectivity index (χ0n) is 8.92. The first kappa shape index (κ1) is 17.0. The summed E-state index contributed by atoms with van der Waals surface area (Å²) in [4.78, 5) is 16.2. The fraction of sp³-hybridized carbons (Fsp3) is 0.750. The molecule has 0 radical (unpaired) electrons. The fourth-order valence-electron chi connectivity index (χ4n) is 2.38. The maximum atomic E-state index is 10.8. The van der Waals surface area contributed by atoms with E-state index in [4.69, 9.17) is 79.4 Å². The number of rotatable bonds is 3. The molecular formula is C8H7Cl6O4P. The van der Waals surface area contributed by atoms with Crippen molar-refractivity contribution in [2.45, 2.75) is 21.0 Å². The van der Waals surface area contributed by atoms with Gasteiger partial charge in [-0.15, -0.1) is 23.2 Å². The third-order valence-corrected chi connectivity index (χ3v) is 7.96. The van der Waals surface area contributed by atoms with Crippen molar-refractivity contribution in [1.82, 2.24) is 0 Å². The predicted octanol–water partition coefficient (Wildman–Crippen LogP) is 3.95. The molecule has 0 spiro atoms. The molecule has 2 bridgehead atoms. The summed E-state index contributed by atoms with van der Waals surface area (Å²) < 4.78 is 13.7. The average Bonchev–Trinajstić information content (AvgIpc) is 2.56. The van der Waals surface area contributed by atoms with E-state index in [1.54, 1.807) is 0 Å². The molecule has 0 aliphatic heterocycles. The SMILES string of the molecule is O=P(O)(O)OCC12CC(Cl)(C(Cl)=C1Cl)C(Cl)(Cl)C2Cl. The Morgan fingerprint density at radius 1 is 1.26 bits per heavy atom. The summed E-state index contributed by atoms with van der Waals surface area (Å²) in [7, 11) is -4.70. The van der Waals surface area contributed by atoms with Gasteiger partial charge >= 0.3 is 7.82 Å². The van der Waals surface area contributed by atoms with E-state index in [1.165, 1.54) is 0 Å². The molecule has 3 atom stereocenters. The monoisotopic (exact) mass is 408 g/mol. The van der Waals surface area contributed by atoms with Gasteiger partial charge in [0.2, 0.25) is 0 Å². The molecule has 3 unspecified atom stereocenters. The molecule has 0 aromatic heterocycles. The van der Waals surface area contributed by atoms with E-state index in [-0.39, 0.29) is 16.5 Å². The maximum absolute atomic E-state index is 10.8. The fourth-order valence-corrected chi connectivity index (χ4v) is 5.45. The van der Waals surface area contributed by atoms with Gasteiger partial charge in [-0.05, 0) is 6.42 Å². The summed E-state index contributed by atoms with van der Waals surface area (Å²) >= 11 is 36.8. The molecule has 0 amide bonds. The standard InChI is InChI=1S/C8H7Cl6O4P/c9-3-4(10)7(12)1-6(3,2-18-19(15,16)17)5(11)8(7,13)14/h5H,1-2H2,(H2,15,16,17). The van der Waals surface area contributed by atoms with Crippen molar-refractivity contribution in [3.05, 3.63) is 10.1 Å². The summed E-state index contributed by atoms with van der Waals surface area (Å²) in [5.41, 5.74) is -1.23. The summed E-state index contributed by atoms with van der Waals surface area (Å²) in [5.74, 6) is 0. The highest BCUT2D eigenvalue weighted by Gasteiger charge is 2.75. The molecule has 2 N–H and O–H groups in total. The Morgan fingerprint density at radius 2 is 1.79 bits per heavy atom. The van der Waals surface area contributed by atoms with E-state index in [2.05, 4.69) is 4.52 Å². The highest BCUT2D eigenvalue weighted by Crippen LogP contribution is 2.73. The van der Waals surface area contributed by atoms with E-state index < -0.39 is 34.4 Å².